The molecule has 0 spiro atoms. The number of aryl methyl sites for hydroxylation is 1. The van der Waals surface area contributed by atoms with E-state index < -0.39 is 11.7 Å². The van der Waals surface area contributed by atoms with Gasteiger partial charge in [0.15, 0.2) is 0 Å². The van der Waals surface area contributed by atoms with Gasteiger partial charge in [-0.15, -0.1) is 0 Å². The Morgan fingerprint density at radius 1 is 1.21 bits per heavy atom. The molecule has 1 N–H and O–H groups in total. The molecule has 4 rings (SSSR count). The van der Waals surface area contributed by atoms with E-state index in [0.717, 1.165) is 58.3 Å². The van der Waals surface area contributed by atoms with Gasteiger partial charge in [-0.05, 0) is 42.3 Å². The molecule has 0 amide bonds. The minimum absolute atomic E-state index is 0.169. The molecule has 28 heavy (non-hydrogen) atoms. The molecular weight excluding hydrogens is 385 g/mol. The molecule has 1 atom stereocenters. The summed E-state index contributed by atoms with van der Waals surface area (Å²) in [6.07, 6.45) is -0.593. The highest BCUT2D eigenvalue weighted by Crippen LogP contribution is 2.36. The van der Waals surface area contributed by atoms with Gasteiger partial charge in [-0.25, -0.2) is 0 Å². The molecule has 1 aliphatic heterocycles. The summed E-state index contributed by atoms with van der Waals surface area (Å²) in [5.74, 6) is 2.84. The van der Waals surface area contributed by atoms with Crippen molar-refractivity contribution >= 4 is 11.8 Å². The van der Waals surface area contributed by atoms with Gasteiger partial charge in [0.1, 0.15) is 5.76 Å². The molecule has 1 fully saturated rings. The molecular formula is C21H21F3N2OS. The fourth-order valence-corrected chi connectivity index (χ4v) is 4.64. The predicted molar refractivity (Wildman–Crippen MR) is 105 cm³/mol. The molecule has 1 saturated heterocycles. The number of nitrogens with one attached hydrogen (secondary N) is 1. The lowest BCUT2D eigenvalue weighted by atomic mass is 10.0. The maximum absolute atomic E-state index is 12.8. The van der Waals surface area contributed by atoms with Crippen molar-refractivity contribution in [2.24, 2.45) is 0 Å². The topological polar surface area (TPSA) is 30.1 Å². The molecule has 1 aliphatic rings. The standard InChI is InChI=1S/C21H21F3N2OS/c1-14-11-26(12-15-4-6-16(7-5-15)21(22,23)24)20(17-13-28-10-8-25-17)19(14)18-3-2-9-27-18/h2-7,9,11,17,25H,8,10,12-13H2,1H3. The summed E-state index contributed by atoms with van der Waals surface area (Å²) in [6, 6.07) is 9.39. The minimum Gasteiger partial charge on any atom is -0.464 e. The smallest absolute Gasteiger partial charge is 0.416 e. The van der Waals surface area contributed by atoms with E-state index in [1.165, 1.54) is 0 Å². The molecule has 3 nitrogen and oxygen atoms in total. The van der Waals surface area contributed by atoms with Gasteiger partial charge in [-0.2, -0.15) is 24.9 Å². The van der Waals surface area contributed by atoms with Gasteiger partial charge in [0, 0.05) is 42.0 Å². The molecule has 0 radical (unpaired) electrons. The number of alkyl halides is 3. The second kappa shape index (κ2) is 7.72. The Morgan fingerprint density at radius 3 is 2.61 bits per heavy atom. The molecule has 2 aromatic heterocycles. The fourth-order valence-electron chi connectivity index (χ4n) is 3.70. The van der Waals surface area contributed by atoms with E-state index in [4.69, 9.17) is 4.42 Å². The molecule has 1 unspecified atom stereocenters. The predicted octanol–water partition coefficient (Wildman–Crippen LogP) is 5.50. The summed E-state index contributed by atoms with van der Waals surface area (Å²) in [7, 11) is 0. The quantitative estimate of drug-likeness (QED) is 0.620. The third-order valence-corrected chi connectivity index (χ3v) is 6.02. The van der Waals surface area contributed by atoms with E-state index >= 15 is 0 Å². The Bertz CT molecular complexity index is 924. The lowest BCUT2D eigenvalue weighted by molar-refractivity contribution is -0.137. The van der Waals surface area contributed by atoms with Gasteiger partial charge in [-0.1, -0.05) is 12.1 Å². The number of nitrogens with zero attached hydrogens (tertiary/aromatic N) is 1. The number of furan rings is 1. The van der Waals surface area contributed by atoms with Gasteiger partial charge in [0.25, 0.3) is 0 Å². The molecule has 3 aromatic rings. The number of benzene rings is 1. The average Bonchev–Trinajstić information content (AvgIpc) is 3.30. The van der Waals surface area contributed by atoms with Crippen LogP contribution in [0.1, 0.15) is 28.4 Å². The molecule has 148 valence electrons. The molecule has 0 bridgehead atoms. The van der Waals surface area contributed by atoms with E-state index in [1.807, 2.05) is 30.8 Å². The van der Waals surface area contributed by atoms with Gasteiger partial charge in [0.05, 0.1) is 17.9 Å². The van der Waals surface area contributed by atoms with Gasteiger partial charge in [0.2, 0.25) is 0 Å². The van der Waals surface area contributed by atoms with Crippen molar-refractivity contribution in [1.29, 1.82) is 0 Å². The van der Waals surface area contributed by atoms with Crippen molar-refractivity contribution in [2.75, 3.05) is 18.1 Å². The largest absolute Gasteiger partial charge is 0.464 e. The zero-order valence-corrected chi connectivity index (χ0v) is 16.2. The summed E-state index contributed by atoms with van der Waals surface area (Å²) in [6.45, 7) is 3.48. The summed E-state index contributed by atoms with van der Waals surface area (Å²) < 4.78 is 46.3. The SMILES string of the molecule is Cc1cn(Cc2ccc(C(F)(F)F)cc2)c(C2CSCCN2)c1-c1ccco1. The van der Waals surface area contributed by atoms with Crippen molar-refractivity contribution in [2.45, 2.75) is 25.7 Å². The Morgan fingerprint density at radius 2 is 2.00 bits per heavy atom. The zero-order chi connectivity index (χ0) is 19.7. The zero-order valence-electron chi connectivity index (χ0n) is 15.4. The fraction of sp³-hybridized carbons (Fsp3) is 0.333. The molecule has 7 heteroatoms. The first-order chi connectivity index (χ1) is 13.4. The highest BCUT2D eigenvalue weighted by atomic mass is 32.2. The first-order valence-electron chi connectivity index (χ1n) is 9.14. The van der Waals surface area contributed by atoms with E-state index in [9.17, 15) is 13.2 Å². The van der Waals surface area contributed by atoms with Gasteiger partial charge in [-0.3, -0.25) is 0 Å². The van der Waals surface area contributed by atoms with Crippen molar-refractivity contribution < 1.29 is 17.6 Å². The first-order valence-corrected chi connectivity index (χ1v) is 10.3. The maximum Gasteiger partial charge on any atom is 0.416 e. The van der Waals surface area contributed by atoms with E-state index in [0.29, 0.717) is 6.54 Å². The van der Waals surface area contributed by atoms with Crippen LogP contribution in [0.15, 0.2) is 53.3 Å². The van der Waals surface area contributed by atoms with Crippen molar-refractivity contribution in [3.05, 3.63) is 71.2 Å². The van der Waals surface area contributed by atoms with E-state index in [2.05, 4.69) is 16.1 Å². The third kappa shape index (κ3) is 3.86. The van der Waals surface area contributed by atoms with Crippen LogP contribution in [0, 0.1) is 6.92 Å². The van der Waals surface area contributed by atoms with Crippen molar-refractivity contribution in [3.8, 4) is 11.3 Å². The van der Waals surface area contributed by atoms with E-state index in [1.54, 1.807) is 18.4 Å². The Kier molecular flexibility index (Phi) is 5.29. The van der Waals surface area contributed by atoms with E-state index in [-0.39, 0.29) is 6.04 Å². The number of thioether (sulfide) groups is 1. The number of halogens is 3. The van der Waals surface area contributed by atoms with Crippen LogP contribution in [0.4, 0.5) is 13.2 Å². The first kappa shape index (κ1) is 19.2. The normalized spacial score (nSPS) is 17.8. The minimum atomic E-state index is -4.32. The van der Waals surface area contributed by atoms with Crippen LogP contribution in [-0.4, -0.2) is 22.6 Å². The summed E-state index contributed by atoms with van der Waals surface area (Å²) >= 11 is 1.90. The lowest BCUT2D eigenvalue weighted by Crippen LogP contribution is -2.32. The van der Waals surface area contributed by atoms with Crippen molar-refractivity contribution in [1.82, 2.24) is 9.88 Å². The average molecular weight is 406 g/mol. The monoisotopic (exact) mass is 406 g/mol. The van der Waals surface area contributed by atoms with Crippen molar-refractivity contribution in [3.63, 3.8) is 0 Å². The van der Waals surface area contributed by atoms with Crippen LogP contribution >= 0.6 is 11.8 Å². The summed E-state index contributed by atoms with van der Waals surface area (Å²) in [5.41, 5.74) is 3.49. The summed E-state index contributed by atoms with van der Waals surface area (Å²) in [5, 5.41) is 3.57. The van der Waals surface area contributed by atoms with Crippen LogP contribution in [0.3, 0.4) is 0 Å². The molecule has 0 saturated carbocycles. The number of rotatable bonds is 4. The van der Waals surface area contributed by atoms with Gasteiger partial charge >= 0.3 is 6.18 Å². The summed E-state index contributed by atoms with van der Waals surface area (Å²) in [4.78, 5) is 0. The lowest BCUT2D eigenvalue weighted by Gasteiger charge is -2.26. The Labute approximate surface area is 165 Å². The maximum atomic E-state index is 12.8. The molecule has 3 heterocycles. The Balaban J connectivity index is 1.71. The van der Waals surface area contributed by atoms with Crippen LogP contribution in [0.5, 0.6) is 0 Å². The highest BCUT2D eigenvalue weighted by Gasteiger charge is 2.30. The van der Waals surface area contributed by atoms with Crippen LogP contribution < -0.4 is 5.32 Å². The van der Waals surface area contributed by atoms with Crippen LogP contribution in [-0.2, 0) is 12.7 Å². The molecule has 1 aromatic carbocycles. The number of aromatic nitrogens is 1. The van der Waals surface area contributed by atoms with Gasteiger partial charge < -0.3 is 14.3 Å². The third-order valence-electron chi connectivity index (χ3n) is 4.96. The molecule has 0 aliphatic carbocycles. The number of hydrogen-bond donors (Lipinski definition) is 1. The Hall–Kier alpha value is -2.12. The highest BCUT2D eigenvalue weighted by molar-refractivity contribution is 7.99. The number of hydrogen-bond acceptors (Lipinski definition) is 3. The van der Waals surface area contributed by atoms with Crippen LogP contribution in [0.2, 0.25) is 0 Å². The second-order valence-electron chi connectivity index (χ2n) is 6.95. The second-order valence-corrected chi connectivity index (χ2v) is 8.10. The van der Waals surface area contributed by atoms with Crippen LogP contribution in [0.25, 0.3) is 11.3 Å².